The Morgan fingerprint density at radius 2 is 2.21 bits per heavy atom. The summed E-state index contributed by atoms with van der Waals surface area (Å²) >= 11 is 0. The van der Waals surface area contributed by atoms with Crippen LogP contribution in [0.15, 0.2) is 24.5 Å². The predicted octanol–water partition coefficient (Wildman–Crippen LogP) is -0.909. The second-order valence-electron chi connectivity index (χ2n) is 3.92. The Morgan fingerprint density at radius 1 is 1.47 bits per heavy atom. The Morgan fingerprint density at radius 3 is 2.84 bits per heavy atom. The van der Waals surface area contributed by atoms with Crippen LogP contribution >= 0.6 is 0 Å². The quantitative estimate of drug-likeness (QED) is 0.385. The fourth-order valence-electron chi connectivity index (χ4n) is 1.40. The SMILES string of the molecule is CCOC(=O)C[n+]1cccc(CNNS(C)(=O)=O)c1. The number of aromatic nitrogens is 1. The fourth-order valence-corrected chi connectivity index (χ4v) is 1.74. The van der Waals surface area contributed by atoms with Gasteiger partial charge in [-0.2, -0.15) is 9.40 Å². The second-order valence-corrected chi connectivity index (χ2v) is 5.67. The molecule has 7 nitrogen and oxygen atoms in total. The molecule has 1 aromatic rings. The van der Waals surface area contributed by atoms with E-state index in [4.69, 9.17) is 4.74 Å². The zero-order chi connectivity index (χ0) is 14.3. The van der Waals surface area contributed by atoms with Crippen LogP contribution in [0.3, 0.4) is 0 Å². The van der Waals surface area contributed by atoms with Crippen molar-refractivity contribution in [2.75, 3.05) is 12.9 Å². The molecule has 0 aliphatic heterocycles. The summed E-state index contributed by atoms with van der Waals surface area (Å²) in [5.41, 5.74) is 3.42. The third-order valence-electron chi connectivity index (χ3n) is 2.09. The lowest BCUT2D eigenvalue weighted by molar-refractivity contribution is -0.686. The minimum Gasteiger partial charge on any atom is -0.461 e. The second kappa shape index (κ2) is 7.17. The van der Waals surface area contributed by atoms with Gasteiger partial charge in [0.1, 0.15) is 0 Å². The number of carbonyl (C=O) groups excluding carboxylic acids is 1. The van der Waals surface area contributed by atoms with Crippen LogP contribution in [0.4, 0.5) is 0 Å². The van der Waals surface area contributed by atoms with E-state index in [1.54, 1.807) is 30.0 Å². The van der Waals surface area contributed by atoms with E-state index >= 15 is 0 Å². The Balaban J connectivity index is 2.54. The molecule has 0 aliphatic rings. The van der Waals surface area contributed by atoms with Crippen LogP contribution in [0.5, 0.6) is 0 Å². The molecule has 0 aromatic carbocycles. The van der Waals surface area contributed by atoms with Crippen molar-refractivity contribution in [2.24, 2.45) is 0 Å². The van der Waals surface area contributed by atoms with Crippen LogP contribution in [0.25, 0.3) is 0 Å². The summed E-state index contributed by atoms with van der Waals surface area (Å²) in [4.78, 5) is 13.5. The summed E-state index contributed by atoms with van der Waals surface area (Å²) in [6.07, 6.45) is 4.55. The van der Waals surface area contributed by atoms with Gasteiger partial charge in [0.05, 0.1) is 12.9 Å². The van der Waals surface area contributed by atoms with E-state index in [0.717, 1.165) is 11.8 Å². The highest BCUT2D eigenvalue weighted by Crippen LogP contribution is 1.93. The molecule has 2 N–H and O–H groups in total. The van der Waals surface area contributed by atoms with Crippen LogP contribution < -0.4 is 14.8 Å². The number of hydrogen-bond acceptors (Lipinski definition) is 5. The molecule has 19 heavy (non-hydrogen) atoms. The molecular formula is C11H18N3O4S+. The summed E-state index contributed by atoms with van der Waals surface area (Å²) in [7, 11) is -3.27. The lowest BCUT2D eigenvalue weighted by Crippen LogP contribution is -2.40. The molecule has 1 aromatic heterocycles. The largest absolute Gasteiger partial charge is 0.461 e. The van der Waals surface area contributed by atoms with Gasteiger partial charge in [-0.25, -0.2) is 18.6 Å². The number of hydrazine groups is 1. The van der Waals surface area contributed by atoms with Gasteiger partial charge in [-0.05, 0) is 13.0 Å². The van der Waals surface area contributed by atoms with Gasteiger partial charge in [0.15, 0.2) is 12.4 Å². The summed E-state index contributed by atoms with van der Waals surface area (Å²) < 4.78 is 28.3. The van der Waals surface area contributed by atoms with E-state index < -0.39 is 10.0 Å². The van der Waals surface area contributed by atoms with Crippen LogP contribution in [0.2, 0.25) is 0 Å². The molecule has 1 rings (SSSR count). The number of esters is 1. The lowest BCUT2D eigenvalue weighted by Gasteiger charge is -2.04. The van der Waals surface area contributed by atoms with Crippen molar-refractivity contribution in [3.05, 3.63) is 30.1 Å². The lowest BCUT2D eigenvalue weighted by atomic mass is 10.3. The van der Waals surface area contributed by atoms with E-state index in [1.165, 1.54) is 0 Å². The van der Waals surface area contributed by atoms with Crippen molar-refractivity contribution in [1.29, 1.82) is 0 Å². The van der Waals surface area contributed by atoms with Gasteiger partial charge >= 0.3 is 5.97 Å². The minimum absolute atomic E-state index is 0.126. The molecule has 0 aliphatic carbocycles. The van der Waals surface area contributed by atoms with Crippen LogP contribution in [0.1, 0.15) is 12.5 Å². The standard InChI is InChI=1S/C11H18N3O4S/c1-3-18-11(15)9-14-6-4-5-10(8-14)7-12-13-19(2,16)17/h4-6,8,12-13H,3,7,9H2,1-2H3/q+1. The fraction of sp³-hybridized carbons (Fsp3) is 0.455. The van der Waals surface area contributed by atoms with Gasteiger partial charge < -0.3 is 4.74 Å². The molecule has 0 bridgehead atoms. The van der Waals surface area contributed by atoms with Crippen LogP contribution in [-0.2, 0) is 32.6 Å². The van der Waals surface area contributed by atoms with Gasteiger partial charge in [0.2, 0.25) is 16.6 Å². The third-order valence-corrected chi connectivity index (χ3v) is 2.60. The molecule has 0 saturated carbocycles. The molecule has 0 saturated heterocycles. The number of rotatable bonds is 7. The van der Waals surface area contributed by atoms with Gasteiger partial charge in [-0.3, -0.25) is 0 Å². The van der Waals surface area contributed by atoms with Gasteiger partial charge in [0, 0.05) is 18.2 Å². The maximum absolute atomic E-state index is 11.3. The van der Waals surface area contributed by atoms with Crippen molar-refractivity contribution in [2.45, 2.75) is 20.0 Å². The monoisotopic (exact) mass is 288 g/mol. The maximum atomic E-state index is 11.3. The molecule has 1 heterocycles. The number of pyridine rings is 1. The average Bonchev–Trinajstić information content (AvgIpc) is 2.28. The number of hydrogen-bond donors (Lipinski definition) is 2. The smallest absolute Gasteiger partial charge is 0.372 e. The number of sulfonamides is 1. The minimum atomic E-state index is -3.27. The maximum Gasteiger partial charge on any atom is 0.372 e. The molecule has 0 fully saturated rings. The molecule has 106 valence electrons. The highest BCUT2D eigenvalue weighted by Gasteiger charge is 2.10. The summed E-state index contributed by atoms with van der Waals surface area (Å²) in [5, 5.41) is 0. The van der Waals surface area contributed by atoms with Crippen LogP contribution in [-0.4, -0.2) is 27.2 Å². The normalized spacial score (nSPS) is 11.3. The highest BCUT2D eigenvalue weighted by molar-refractivity contribution is 7.88. The molecular weight excluding hydrogens is 270 g/mol. The van der Waals surface area contributed by atoms with E-state index in [0.29, 0.717) is 13.2 Å². The zero-order valence-corrected chi connectivity index (χ0v) is 11.7. The first-order valence-corrected chi connectivity index (χ1v) is 7.63. The number of carbonyl (C=O) groups is 1. The molecule has 8 heteroatoms. The van der Waals surface area contributed by atoms with Crippen molar-refractivity contribution in [3.8, 4) is 0 Å². The number of nitrogens with one attached hydrogen (secondary N) is 2. The van der Waals surface area contributed by atoms with E-state index in [-0.39, 0.29) is 12.5 Å². The molecule has 0 radical (unpaired) electrons. The predicted molar refractivity (Wildman–Crippen MR) is 68.1 cm³/mol. The van der Waals surface area contributed by atoms with Crippen molar-refractivity contribution in [1.82, 2.24) is 10.3 Å². The Kier molecular flexibility index (Phi) is 5.87. The van der Waals surface area contributed by atoms with Crippen molar-refractivity contribution in [3.63, 3.8) is 0 Å². The summed E-state index contributed by atoms with van der Waals surface area (Å²) in [6.45, 7) is 2.54. The van der Waals surface area contributed by atoms with E-state index in [2.05, 4.69) is 10.3 Å². The molecule has 0 amide bonds. The first-order valence-electron chi connectivity index (χ1n) is 5.74. The number of ether oxygens (including phenoxy) is 1. The van der Waals surface area contributed by atoms with Gasteiger partial charge in [-0.15, -0.1) is 0 Å². The first-order chi connectivity index (χ1) is 8.90. The molecule has 0 atom stereocenters. The highest BCUT2D eigenvalue weighted by atomic mass is 32.2. The topological polar surface area (TPSA) is 88.4 Å². The zero-order valence-electron chi connectivity index (χ0n) is 10.9. The van der Waals surface area contributed by atoms with Gasteiger partial charge in [0.25, 0.3) is 0 Å². The van der Waals surface area contributed by atoms with E-state index in [1.807, 2.05) is 6.07 Å². The Bertz CT molecular complexity index is 530. The first kappa shape index (κ1) is 15.5. The Labute approximate surface area is 112 Å². The third kappa shape index (κ3) is 6.85. The summed E-state index contributed by atoms with van der Waals surface area (Å²) in [6, 6.07) is 3.59. The summed E-state index contributed by atoms with van der Waals surface area (Å²) in [5.74, 6) is -0.313. The Hall–Kier alpha value is -1.51. The number of nitrogens with zero attached hydrogens (tertiary/aromatic N) is 1. The van der Waals surface area contributed by atoms with E-state index in [9.17, 15) is 13.2 Å². The van der Waals surface area contributed by atoms with Gasteiger partial charge in [-0.1, -0.05) is 0 Å². The van der Waals surface area contributed by atoms with Crippen molar-refractivity contribution < 1.29 is 22.5 Å². The van der Waals surface area contributed by atoms with Crippen molar-refractivity contribution >= 4 is 16.0 Å². The molecule has 0 spiro atoms. The van der Waals surface area contributed by atoms with Crippen LogP contribution in [0, 0.1) is 0 Å². The average molecular weight is 288 g/mol. The molecule has 0 unspecified atom stereocenters.